The Balaban J connectivity index is 1.67. The number of anilines is 1. The van der Waals surface area contributed by atoms with Gasteiger partial charge in [-0.1, -0.05) is 29.4 Å². The molecule has 176 valence electrons. The molecule has 1 aliphatic rings. The molecule has 1 atom stereocenters. The van der Waals surface area contributed by atoms with E-state index in [1.54, 1.807) is 48.2 Å². The minimum atomic E-state index is -0.600. The van der Waals surface area contributed by atoms with Crippen molar-refractivity contribution in [3.05, 3.63) is 107 Å². The number of nitrogens with zero attached hydrogens (tertiary/aromatic N) is 3. The van der Waals surface area contributed by atoms with Gasteiger partial charge in [0.15, 0.2) is 5.11 Å². The molecule has 2 heterocycles. The lowest BCUT2D eigenvalue weighted by molar-refractivity contribution is 0.404. The van der Waals surface area contributed by atoms with Gasteiger partial charge in [-0.05, 0) is 79.7 Å². The number of hydrogen-bond donors (Lipinski definition) is 1. The minimum absolute atomic E-state index is 0.162. The van der Waals surface area contributed by atoms with Crippen molar-refractivity contribution >= 4 is 28.6 Å². The highest BCUT2D eigenvalue weighted by Crippen LogP contribution is 2.39. The lowest BCUT2D eigenvalue weighted by atomic mass is 9.94. The number of nitrogens with one attached hydrogen (secondary N) is 1. The molecule has 0 spiro atoms. The lowest BCUT2D eigenvalue weighted by Gasteiger charge is -2.37. The van der Waals surface area contributed by atoms with Crippen molar-refractivity contribution in [2.45, 2.75) is 19.9 Å². The number of benzene rings is 3. The first-order valence-corrected chi connectivity index (χ1v) is 11.2. The standard InChI is InChI=1S/C26H19F3N4OS/c1-14-11-20(9-10-21(14)29)33-15(2)22(23(30-26(33)35)16-5-3-7-18(27)12-16)25-31-24(32-34-25)17-6-4-8-19(28)13-17/h3-13,23H,1-2H3,(H,30,35). The smallest absolute Gasteiger partial charge is 0.258 e. The third-order valence-electron chi connectivity index (χ3n) is 5.81. The zero-order chi connectivity index (χ0) is 24.7. The SMILES string of the molecule is CC1=C(c2nc(-c3cccc(F)c3)no2)C(c2cccc(F)c2)NC(=S)N1c1ccc(F)c(C)c1. The van der Waals surface area contributed by atoms with Crippen LogP contribution in [-0.2, 0) is 0 Å². The Hall–Kier alpha value is -3.98. The molecule has 9 heteroatoms. The van der Waals surface area contributed by atoms with Gasteiger partial charge >= 0.3 is 0 Å². The monoisotopic (exact) mass is 492 g/mol. The van der Waals surface area contributed by atoms with Crippen LogP contribution in [0.4, 0.5) is 18.9 Å². The summed E-state index contributed by atoms with van der Waals surface area (Å²) in [6.45, 7) is 3.48. The third-order valence-corrected chi connectivity index (χ3v) is 6.11. The first-order chi connectivity index (χ1) is 16.8. The maximum absolute atomic E-state index is 14.1. The van der Waals surface area contributed by atoms with E-state index in [2.05, 4.69) is 15.5 Å². The Morgan fingerprint density at radius 1 is 0.943 bits per heavy atom. The fourth-order valence-corrected chi connectivity index (χ4v) is 4.47. The summed E-state index contributed by atoms with van der Waals surface area (Å²) in [7, 11) is 0. The molecule has 1 unspecified atom stereocenters. The zero-order valence-electron chi connectivity index (χ0n) is 18.7. The van der Waals surface area contributed by atoms with Gasteiger partial charge < -0.3 is 9.84 Å². The quantitative estimate of drug-likeness (QED) is 0.336. The predicted molar refractivity (Wildman–Crippen MR) is 131 cm³/mol. The summed E-state index contributed by atoms with van der Waals surface area (Å²) in [5.41, 5.74) is 3.34. The number of thiocarbonyl (C=S) groups is 1. The van der Waals surface area contributed by atoms with E-state index in [1.807, 2.05) is 6.92 Å². The van der Waals surface area contributed by atoms with Gasteiger partial charge in [0.1, 0.15) is 17.5 Å². The first kappa shape index (κ1) is 22.8. The number of aromatic nitrogens is 2. The van der Waals surface area contributed by atoms with Crippen molar-refractivity contribution in [3.63, 3.8) is 0 Å². The second-order valence-corrected chi connectivity index (χ2v) is 8.53. The summed E-state index contributed by atoms with van der Waals surface area (Å²) in [6.07, 6.45) is 0. The number of halogens is 3. The molecule has 35 heavy (non-hydrogen) atoms. The molecule has 3 aromatic carbocycles. The van der Waals surface area contributed by atoms with E-state index in [0.717, 1.165) is 0 Å². The zero-order valence-corrected chi connectivity index (χ0v) is 19.5. The van der Waals surface area contributed by atoms with Crippen LogP contribution in [0.25, 0.3) is 17.0 Å². The second kappa shape index (κ2) is 8.99. The van der Waals surface area contributed by atoms with Crippen LogP contribution in [-0.4, -0.2) is 15.3 Å². The Morgan fingerprint density at radius 2 is 1.69 bits per heavy atom. The van der Waals surface area contributed by atoms with Crippen LogP contribution < -0.4 is 10.2 Å². The topological polar surface area (TPSA) is 54.2 Å². The molecule has 0 amide bonds. The average molecular weight is 493 g/mol. The van der Waals surface area contributed by atoms with Gasteiger partial charge in [0.25, 0.3) is 5.89 Å². The number of rotatable bonds is 4. The molecule has 1 aromatic heterocycles. The molecule has 1 aliphatic heterocycles. The maximum Gasteiger partial charge on any atom is 0.258 e. The van der Waals surface area contributed by atoms with Crippen LogP contribution in [0.1, 0.15) is 30.0 Å². The molecule has 0 radical (unpaired) electrons. The highest BCUT2D eigenvalue weighted by atomic mass is 32.1. The highest BCUT2D eigenvalue weighted by Gasteiger charge is 2.35. The predicted octanol–water partition coefficient (Wildman–Crippen LogP) is 6.33. The molecule has 0 saturated heterocycles. The van der Waals surface area contributed by atoms with Crippen molar-refractivity contribution in [2.75, 3.05) is 4.90 Å². The molecule has 5 nitrogen and oxygen atoms in total. The number of aryl methyl sites for hydroxylation is 1. The van der Waals surface area contributed by atoms with Crippen LogP contribution in [0.5, 0.6) is 0 Å². The average Bonchev–Trinajstić information content (AvgIpc) is 3.31. The second-order valence-electron chi connectivity index (χ2n) is 8.14. The van der Waals surface area contributed by atoms with Crippen molar-refractivity contribution in [3.8, 4) is 11.4 Å². The van der Waals surface area contributed by atoms with Crippen molar-refractivity contribution in [1.82, 2.24) is 15.5 Å². The van der Waals surface area contributed by atoms with E-state index in [1.165, 1.54) is 30.3 Å². The molecule has 5 rings (SSSR count). The highest BCUT2D eigenvalue weighted by molar-refractivity contribution is 7.80. The molecule has 0 saturated carbocycles. The van der Waals surface area contributed by atoms with E-state index >= 15 is 0 Å². The van der Waals surface area contributed by atoms with E-state index < -0.39 is 17.7 Å². The Bertz CT molecular complexity index is 1480. The molecule has 0 bridgehead atoms. The van der Waals surface area contributed by atoms with Gasteiger partial charge in [0.05, 0.1) is 11.6 Å². The summed E-state index contributed by atoms with van der Waals surface area (Å²) in [4.78, 5) is 6.25. The van der Waals surface area contributed by atoms with E-state index in [9.17, 15) is 13.2 Å². The largest absolute Gasteiger partial charge is 0.351 e. The summed E-state index contributed by atoms with van der Waals surface area (Å²) in [5, 5.41) is 7.61. The van der Waals surface area contributed by atoms with E-state index in [-0.39, 0.29) is 17.5 Å². The van der Waals surface area contributed by atoms with Gasteiger partial charge in [0.2, 0.25) is 5.82 Å². The van der Waals surface area contributed by atoms with Crippen molar-refractivity contribution < 1.29 is 17.7 Å². The van der Waals surface area contributed by atoms with Crippen LogP contribution in [0, 0.1) is 24.4 Å². The Morgan fingerprint density at radius 3 is 2.40 bits per heavy atom. The summed E-state index contributed by atoms with van der Waals surface area (Å²) in [5.74, 6) is -0.801. The van der Waals surface area contributed by atoms with E-state index in [4.69, 9.17) is 16.7 Å². The third kappa shape index (κ3) is 4.30. The Kier molecular flexibility index (Phi) is 5.86. The first-order valence-electron chi connectivity index (χ1n) is 10.7. The van der Waals surface area contributed by atoms with Crippen LogP contribution >= 0.6 is 12.2 Å². The summed E-state index contributed by atoms with van der Waals surface area (Å²) < 4.78 is 47.4. The number of allylic oxidation sites excluding steroid dienone is 1. The summed E-state index contributed by atoms with van der Waals surface area (Å²) in [6, 6.07) is 16.0. The van der Waals surface area contributed by atoms with Gasteiger partial charge in [0, 0.05) is 16.9 Å². The molecule has 0 fully saturated rings. The van der Waals surface area contributed by atoms with Crippen molar-refractivity contribution in [1.29, 1.82) is 0 Å². The fraction of sp³-hybridized carbons (Fsp3) is 0.115. The molecular formula is C26H19F3N4OS. The molecule has 4 aromatic rings. The lowest BCUT2D eigenvalue weighted by Crippen LogP contribution is -2.46. The molecule has 1 N–H and O–H groups in total. The van der Waals surface area contributed by atoms with Gasteiger partial charge in [-0.3, -0.25) is 4.90 Å². The number of hydrogen-bond acceptors (Lipinski definition) is 4. The fourth-order valence-electron chi connectivity index (χ4n) is 4.11. The van der Waals surface area contributed by atoms with Gasteiger partial charge in [-0.25, -0.2) is 13.2 Å². The van der Waals surface area contributed by atoms with Gasteiger partial charge in [-0.15, -0.1) is 0 Å². The van der Waals surface area contributed by atoms with E-state index in [0.29, 0.717) is 38.8 Å². The normalized spacial score (nSPS) is 16.0. The van der Waals surface area contributed by atoms with Crippen LogP contribution in [0.3, 0.4) is 0 Å². The maximum atomic E-state index is 14.1. The van der Waals surface area contributed by atoms with Gasteiger partial charge in [-0.2, -0.15) is 4.98 Å². The van der Waals surface area contributed by atoms with Crippen molar-refractivity contribution in [2.24, 2.45) is 0 Å². The minimum Gasteiger partial charge on any atom is -0.351 e. The Labute approximate surface area is 204 Å². The molecular weight excluding hydrogens is 473 g/mol. The molecule has 0 aliphatic carbocycles. The van der Waals surface area contributed by atoms with Crippen LogP contribution in [0.15, 0.2) is 77.0 Å². The van der Waals surface area contributed by atoms with Crippen LogP contribution in [0.2, 0.25) is 0 Å². The summed E-state index contributed by atoms with van der Waals surface area (Å²) >= 11 is 5.66.